The number of terminal acetylenes is 1. The van der Waals surface area contributed by atoms with Crippen LogP contribution in [0.15, 0.2) is 24.3 Å². The molecule has 1 aliphatic rings. The lowest BCUT2D eigenvalue weighted by molar-refractivity contribution is 0.203. The summed E-state index contributed by atoms with van der Waals surface area (Å²) in [4.78, 5) is 2.06. The van der Waals surface area contributed by atoms with Crippen molar-refractivity contribution in [1.29, 1.82) is 0 Å². The summed E-state index contributed by atoms with van der Waals surface area (Å²) in [6.45, 7) is 0.631. The van der Waals surface area contributed by atoms with Crippen molar-refractivity contribution in [3.8, 4) is 12.3 Å². The van der Waals surface area contributed by atoms with Gasteiger partial charge in [0.15, 0.2) is 0 Å². The normalized spacial score (nSPS) is 18.4. The molecule has 1 atom stereocenters. The van der Waals surface area contributed by atoms with E-state index >= 15 is 0 Å². The molecule has 1 unspecified atom stereocenters. The number of fused-ring (bicyclic) bond motifs is 1. The zero-order valence-electron chi connectivity index (χ0n) is 9.32. The fourth-order valence-electron chi connectivity index (χ4n) is 2.48. The number of hydrogen-bond acceptors (Lipinski definition) is 1. The zero-order chi connectivity index (χ0) is 11.4. The minimum atomic E-state index is -0.333. The summed E-state index contributed by atoms with van der Waals surface area (Å²) >= 11 is 0. The third kappa shape index (κ3) is 2.10. The minimum absolute atomic E-state index is 0.308. The van der Waals surface area contributed by atoms with Gasteiger partial charge >= 0.3 is 0 Å². The van der Waals surface area contributed by atoms with Crippen LogP contribution < -0.4 is 0 Å². The number of hydrogen-bond donors (Lipinski definition) is 0. The van der Waals surface area contributed by atoms with Gasteiger partial charge < -0.3 is 0 Å². The van der Waals surface area contributed by atoms with Crippen LogP contribution in [0.25, 0.3) is 0 Å². The maximum Gasteiger partial charge on any atom is 0.102 e. The molecule has 0 heterocycles. The highest BCUT2D eigenvalue weighted by molar-refractivity contribution is 5.34. The molecule has 0 fully saturated rings. The van der Waals surface area contributed by atoms with Crippen molar-refractivity contribution in [2.45, 2.75) is 18.9 Å². The second kappa shape index (κ2) is 5.14. The van der Waals surface area contributed by atoms with Crippen LogP contribution in [0.4, 0.5) is 4.39 Å². The van der Waals surface area contributed by atoms with E-state index in [1.807, 2.05) is 6.07 Å². The fourth-order valence-corrected chi connectivity index (χ4v) is 2.48. The van der Waals surface area contributed by atoms with Gasteiger partial charge in [-0.2, -0.15) is 0 Å². The van der Waals surface area contributed by atoms with Crippen molar-refractivity contribution in [1.82, 2.24) is 4.90 Å². The Labute approximate surface area is 96.3 Å². The molecule has 84 valence electrons. The number of rotatable bonds is 4. The van der Waals surface area contributed by atoms with Crippen molar-refractivity contribution in [2.75, 3.05) is 19.8 Å². The standard InChI is InChI=1S/C14H16FN/c1-2-10-16(11-9-15)14-8-7-12-5-3-4-6-13(12)14/h1,3-6,14H,7-11H2/i15-1. The molecule has 0 spiro atoms. The Kier molecular flexibility index (Phi) is 3.58. The molecule has 0 saturated heterocycles. The molecule has 2 heteroatoms. The van der Waals surface area contributed by atoms with Gasteiger partial charge in [0.25, 0.3) is 0 Å². The highest BCUT2D eigenvalue weighted by atomic mass is 18.2. The van der Waals surface area contributed by atoms with E-state index in [9.17, 15) is 4.39 Å². The number of aryl methyl sites for hydroxylation is 1. The van der Waals surface area contributed by atoms with Crippen molar-refractivity contribution in [2.24, 2.45) is 0 Å². The predicted octanol–water partition coefficient (Wildman–Crippen LogP) is 2.58. The molecule has 1 aliphatic carbocycles. The van der Waals surface area contributed by atoms with Crippen LogP contribution in [0.3, 0.4) is 0 Å². The maximum absolute atomic E-state index is 12.5. The van der Waals surface area contributed by atoms with Gasteiger partial charge in [0.2, 0.25) is 0 Å². The number of alkyl halides is 1. The van der Waals surface area contributed by atoms with Crippen molar-refractivity contribution in [3.63, 3.8) is 0 Å². The largest absolute Gasteiger partial charge is 0.283 e. The first-order valence-electron chi connectivity index (χ1n) is 5.68. The van der Waals surface area contributed by atoms with Crippen molar-refractivity contribution >= 4 is 0 Å². The molecule has 16 heavy (non-hydrogen) atoms. The third-order valence-electron chi connectivity index (χ3n) is 3.21. The molecule has 1 aromatic carbocycles. The topological polar surface area (TPSA) is 3.24 Å². The molecule has 0 saturated carbocycles. The van der Waals surface area contributed by atoms with E-state index in [-0.39, 0.29) is 6.67 Å². The molecule has 0 N–H and O–H groups in total. The molecule has 0 aliphatic heterocycles. The Bertz CT molecular complexity index is 394. The molecule has 0 aromatic heterocycles. The summed E-state index contributed by atoms with van der Waals surface area (Å²) in [5.41, 5.74) is 2.71. The van der Waals surface area contributed by atoms with Gasteiger partial charge in [-0.1, -0.05) is 30.2 Å². The monoisotopic (exact) mass is 216 g/mol. The van der Waals surface area contributed by atoms with Crippen LogP contribution in [-0.2, 0) is 6.42 Å². The highest BCUT2D eigenvalue weighted by Gasteiger charge is 2.26. The second-order valence-corrected chi connectivity index (χ2v) is 4.12. The number of benzene rings is 1. The molecule has 0 amide bonds. The van der Waals surface area contributed by atoms with Gasteiger partial charge in [0.05, 0.1) is 6.54 Å². The van der Waals surface area contributed by atoms with Gasteiger partial charge in [-0.3, -0.25) is 4.90 Å². The van der Waals surface area contributed by atoms with Gasteiger partial charge in [-0.15, -0.1) is 6.42 Å². The molecular formula is C14H16FN. The van der Waals surface area contributed by atoms with Crippen LogP contribution in [-0.4, -0.2) is 24.7 Å². The van der Waals surface area contributed by atoms with E-state index in [1.54, 1.807) is 0 Å². The van der Waals surface area contributed by atoms with Gasteiger partial charge in [0, 0.05) is 12.6 Å². The Hall–Kier alpha value is -1.33. The minimum Gasteiger partial charge on any atom is -0.283 e. The Morgan fingerprint density at radius 3 is 3.00 bits per heavy atom. The summed E-state index contributed by atoms with van der Waals surface area (Å²) in [5, 5.41) is 0. The smallest absolute Gasteiger partial charge is 0.102 e. The Morgan fingerprint density at radius 2 is 2.25 bits per heavy atom. The van der Waals surface area contributed by atoms with Gasteiger partial charge in [-0.25, -0.2) is 4.39 Å². The zero-order valence-corrected chi connectivity index (χ0v) is 9.32. The maximum atomic E-state index is 12.5. The lowest BCUT2D eigenvalue weighted by atomic mass is 10.1. The lowest BCUT2D eigenvalue weighted by Gasteiger charge is -2.26. The summed E-state index contributed by atoms with van der Waals surface area (Å²) in [5.74, 6) is 2.62. The van der Waals surface area contributed by atoms with Gasteiger partial charge in [0.1, 0.15) is 6.67 Å². The van der Waals surface area contributed by atoms with Crippen LogP contribution >= 0.6 is 0 Å². The SMILES string of the molecule is C#CCN(CC[18F])C1CCc2ccccc21. The summed E-state index contributed by atoms with van der Waals surface area (Å²) < 4.78 is 12.5. The van der Waals surface area contributed by atoms with E-state index in [4.69, 9.17) is 6.42 Å². The van der Waals surface area contributed by atoms with E-state index in [1.165, 1.54) is 11.1 Å². The first-order valence-corrected chi connectivity index (χ1v) is 5.68. The fraction of sp³-hybridized carbons (Fsp3) is 0.429. The highest BCUT2D eigenvalue weighted by Crippen LogP contribution is 2.35. The first-order chi connectivity index (χ1) is 7.86. The summed E-state index contributed by atoms with van der Waals surface area (Å²) in [6, 6.07) is 8.69. The van der Waals surface area contributed by atoms with E-state index < -0.39 is 0 Å². The summed E-state index contributed by atoms with van der Waals surface area (Å²) in [6.07, 6.45) is 7.47. The quantitative estimate of drug-likeness (QED) is 0.699. The molecular weight excluding hydrogens is 200 g/mol. The van der Waals surface area contributed by atoms with E-state index in [2.05, 4.69) is 29.0 Å². The van der Waals surface area contributed by atoms with Crippen LogP contribution in [0, 0.1) is 12.3 Å². The molecule has 0 bridgehead atoms. The van der Waals surface area contributed by atoms with E-state index in [0.29, 0.717) is 19.1 Å². The average Bonchev–Trinajstić information content (AvgIpc) is 2.72. The lowest BCUT2D eigenvalue weighted by Crippen LogP contribution is -2.30. The molecule has 0 radical (unpaired) electrons. The van der Waals surface area contributed by atoms with Gasteiger partial charge in [-0.05, 0) is 24.0 Å². The number of nitrogens with zero attached hydrogens (tertiary/aromatic N) is 1. The van der Waals surface area contributed by atoms with Crippen molar-refractivity contribution < 1.29 is 4.39 Å². The molecule has 2 rings (SSSR count). The Morgan fingerprint density at radius 1 is 1.44 bits per heavy atom. The second-order valence-electron chi connectivity index (χ2n) is 4.12. The van der Waals surface area contributed by atoms with Crippen LogP contribution in [0.2, 0.25) is 0 Å². The van der Waals surface area contributed by atoms with Crippen LogP contribution in [0.1, 0.15) is 23.6 Å². The van der Waals surface area contributed by atoms with Crippen LogP contribution in [0.5, 0.6) is 0 Å². The average molecular weight is 216 g/mol. The number of halogens is 1. The predicted molar refractivity (Wildman–Crippen MR) is 63.9 cm³/mol. The third-order valence-corrected chi connectivity index (χ3v) is 3.21. The molecule has 1 nitrogen and oxygen atoms in total. The molecule has 1 aromatic rings. The van der Waals surface area contributed by atoms with Crippen molar-refractivity contribution in [3.05, 3.63) is 35.4 Å². The van der Waals surface area contributed by atoms with E-state index in [0.717, 1.165) is 12.8 Å². The Balaban J connectivity index is 2.19. The first kappa shape index (κ1) is 11.2. The summed E-state index contributed by atoms with van der Waals surface area (Å²) in [7, 11) is 0.